The largest absolute Gasteiger partial charge is 0.495 e. The van der Waals surface area contributed by atoms with Gasteiger partial charge in [-0.05, 0) is 37.5 Å². The van der Waals surface area contributed by atoms with Gasteiger partial charge < -0.3 is 15.0 Å². The van der Waals surface area contributed by atoms with Crippen molar-refractivity contribution in [1.82, 2.24) is 9.97 Å². The summed E-state index contributed by atoms with van der Waals surface area (Å²) < 4.78 is 5.39. The summed E-state index contributed by atoms with van der Waals surface area (Å²) in [5, 5.41) is 3.33. The fourth-order valence-corrected chi connectivity index (χ4v) is 2.59. The molecule has 1 N–H and O–H groups in total. The van der Waals surface area contributed by atoms with Crippen LogP contribution in [0, 0.1) is 6.92 Å². The van der Waals surface area contributed by atoms with Crippen molar-refractivity contribution in [2.24, 2.45) is 0 Å². The Hall–Kier alpha value is -2.30. The molecule has 1 saturated heterocycles. The molecule has 1 aromatic carbocycles. The summed E-state index contributed by atoms with van der Waals surface area (Å²) in [6.07, 6.45) is 4.08. The number of methoxy groups -OCH3 is 1. The maximum atomic E-state index is 5.39. The molecule has 0 spiro atoms. The van der Waals surface area contributed by atoms with Crippen LogP contribution in [0.2, 0.25) is 0 Å². The summed E-state index contributed by atoms with van der Waals surface area (Å²) in [7, 11) is 1.67. The van der Waals surface area contributed by atoms with Crippen LogP contribution < -0.4 is 15.0 Å². The van der Waals surface area contributed by atoms with Gasteiger partial charge in [0, 0.05) is 19.2 Å². The Labute approximate surface area is 125 Å². The molecule has 5 nitrogen and oxygen atoms in total. The van der Waals surface area contributed by atoms with Crippen LogP contribution in [0.25, 0.3) is 0 Å². The molecular weight excluding hydrogens is 264 g/mol. The van der Waals surface area contributed by atoms with Gasteiger partial charge >= 0.3 is 0 Å². The number of nitrogens with one attached hydrogen (secondary N) is 1. The van der Waals surface area contributed by atoms with E-state index in [1.54, 1.807) is 13.4 Å². The van der Waals surface area contributed by atoms with E-state index >= 15 is 0 Å². The van der Waals surface area contributed by atoms with Gasteiger partial charge in [-0.15, -0.1) is 0 Å². The van der Waals surface area contributed by atoms with Crippen LogP contribution in [0.4, 0.5) is 17.3 Å². The first-order valence-electron chi connectivity index (χ1n) is 7.25. The van der Waals surface area contributed by atoms with Gasteiger partial charge in [0.05, 0.1) is 12.8 Å². The van der Waals surface area contributed by atoms with Crippen LogP contribution >= 0.6 is 0 Å². The molecule has 0 aliphatic carbocycles. The van der Waals surface area contributed by atoms with Crippen LogP contribution in [-0.2, 0) is 0 Å². The van der Waals surface area contributed by atoms with E-state index in [-0.39, 0.29) is 0 Å². The second kappa shape index (κ2) is 5.99. The maximum Gasteiger partial charge on any atom is 0.142 e. The van der Waals surface area contributed by atoms with Crippen LogP contribution in [-0.4, -0.2) is 30.2 Å². The summed E-state index contributed by atoms with van der Waals surface area (Å²) >= 11 is 0. The van der Waals surface area contributed by atoms with Gasteiger partial charge in [-0.2, -0.15) is 0 Å². The van der Waals surface area contributed by atoms with Crippen LogP contribution in [0.15, 0.2) is 30.6 Å². The first kappa shape index (κ1) is 13.7. The average Bonchev–Trinajstić information content (AvgIpc) is 3.02. The van der Waals surface area contributed by atoms with Crippen molar-refractivity contribution >= 4 is 17.3 Å². The molecule has 110 valence electrons. The van der Waals surface area contributed by atoms with Gasteiger partial charge in [0.15, 0.2) is 0 Å². The van der Waals surface area contributed by atoms with E-state index in [1.807, 2.05) is 18.2 Å². The maximum absolute atomic E-state index is 5.39. The molecule has 0 saturated carbocycles. The molecule has 2 heterocycles. The molecule has 0 atom stereocenters. The van der Waals surface area contributed by atoms with Crippen molar-refractivity contribution in [3.8, 4) is 5.75 Å². The zero-order chi connectivity index (χ0) is 14.7. The topological polar surface area (TPSA) is 50.3 Å². The number of anilines is 3. The van der Waals surface area contributed by atoms with E-state index in [9.17, 15) is 0 Å². The van der Waals surface area contributed by atoms with Gasteiger partial charge in [0.1, 0.15) is 23.7 Å². The second-order valence-electron chi connectivity index (χ2n) is 5.28. The third-order valence-corrected chi connectivity index (χ3v) is 3.70. The van der Waals surface area contributed by atoms with Crippen molar-refractivity contribution in [3.63, 3.8) is 0 Å². The number of ether oxygens (including phenoxy) is 1. The lowest BCUT2D eigenvalue weighted by molar-refractivity contribution is 0.416. The lowest BCUT2D eigenvalue weighted by Crippen LogP contribution is -2.19. The summed E-state index contributed by atoms with van der Waals surface area (Å²) in [6, 6.07) is 8.03. The van der Waals surface area contributed by atoms with E-state index in [2.05, 4.69) is 33.2 Å². The Morgan fingerprint density at radius 3 is 2.71 bits per heavy atom. The number of aryl methyl sites for hydroxylation is 1. The molecule has 3 rings (SSSR count). The fraction of sp³-hybridized carbons (Fsp3) is 0.375. The number of hydrogen-bond acceptors (Lipinski definition) is 5. The Bertz CT molecular complexity index is 623. The normalized spacial score (nSPS) is 14.3. The van der Waals surface area contributed by atoms with Gasteiger partial charge in [0.25, 0.3) is 0 Å². The lowest BCUT2D eigenvalue weighted by Gasteiger charge is -2.17. The Morgan fingerprint density at radius 1 is 1.14 bits per heavy atom. The Kier molecular flexibility index (Phi) is 3.90. The molecule has 0 amide bonds. The first-order valence-corrected chi connectivity index (χ1v) is 7.25. The number of aromatic nitrogens is 2. The van der Waals surface area contributed by atoms with Crippen molar-refractivity contribution in [3.05, 3.63) is 36.2 Å². The minimum absolute atomic E-state index is 0.788. The zero-order valence-electron chi connectivity index (χ0n) is 12.5. The molecule has 21 heavy (non-hydrogen) atoms. The third-order valence-electron chi connectivity index (χ3n) is 3.70. The van der Waals surface area contributed by atoms with E-state index in [4.69, 9.17) is 4.74 Å². The molecule has 5 heteroatoms. The van der Waals surface area contributed by atoms with Gasteiger partial charge in [-0.25, -0.2) is 9.97 Å². The smallest absolute Gasteiger partial charge is 0.142 e. The minimum atomic E-state index is 0.788. The number of hydrogen-bond donors (Lipinski definition) is 1. The second-order valence-corrected chi connectivity index (χ2v) is 5.28. The fourth-order valence-electron chi connectivity index (χ4n) is 2.59. The van der Waals surface area contributed by atoms with Crippen molar-refractivity contribution in [1.29, 1.82) is 0 Å². The van der Waals surface area contributed by atoms with Gasteiger partial charge in [0.2, 0.25) is 0 Å². The van der Waals surface area contributed by atoms with Crippen LogP contribution in [0.3, 0.4) is 0 Å². The minimum Gasteiger partial charge on any atom is -0.495 e. The molecule has 1 fully saturated rings. The summed E-state index contributed by atoms with van der Waals surface area (Å²) in [6.45, 7) is 4.20. The number of benzene rings is 1. The average molecular weight is 284 g/mol. The molecule has 1 aliphatic heterocycles. The zero-order valence-corrected chi connectivity index (χ0v) is 12.5. The lowest BCUT2D eigenvalue weighted by atomic mass is 10.2. The van der Waals surface area contributed by atoms with E-state index in [0.29, 0.717) is 0 Å². The summed E-state index contributed by atoms with van der Waals surface area (Å²) in [5.74, 6) is 2.58. The monoisotopic (exact) mass is 284 g/mol. The quantitative estimate of drug-likeness (QED) is 0.934. The number of rotatable bonds is 4. The van der Waals surface area contributed by atoms with Crippen molar-refractivity contribution in [2.75, 3.05) is 30.4 Å². The standard InChI is InChI=1S/C16H20N4O/c1-12-5-6-14(21-2)13(9-12)19-15-10-16(18-11-17-15)20-7-3-4-8-20/h5-6,9-11H,3-4,7-8H2,1-2H3,(H,17,18,19). The Balaban J connectivity index is 1.84. The molecule has 0 radical (unpaired) electrons. The van der Waals surface area contributed by atoms with E-state index < -0.39 is 0 Å². The SMILES string of the molecule is COc1ccc(C)cc1Nc1cc(N2CCCC2)ncn1. The van der Waals surface area contributed by atoms with Crippen molar-refractivity contribution < 1.29 is 4.74 Å². The van der Waals surface area contributed by atoms with Gasteiger partial charge in [-0.3, -0.25) is 0 Å². The van der Waals surface area contributed by atoms with Gasteiger partial charge in [-0.1, -0.05) is 6.07 Å². The van der Waals surface area contributed by atoms with Crippen LogP contribution in [0.5, 0.6) is 5.75 Å². The summed E-state index contributed by atoms with van der Waals surface area (Å²) in [5.41, 5.74) is 2.09. The summed E-state index contributed by atoms with van der Waals surface area (Å²) in [4.78, 5) is 11.0. The van der Waals surface area contributed by atoms with Crippen molar-refractivity contribution in [2.45, 2.75) is 19.8 Å². The Morgan fingerprint density at radius 2 is 1.95 bits per heavy atom. The first-order chi connectivity index (χ1) is 10.3. The van der Waals surface area contributed by atoms with Crippen LogP contribution in [0.1, 0.15) is 18.4 Å². The molecular formula is C16H20N4O. The molecule has 1 aliphatic rings. The highest BCUT2D eigenvalue weighted by molar-refractivity contribution is 5.66. The molecule has 0 bridgehead atoms. The number of nitrogens with zero attached hydrogens (tertiary/aromatic N) is 3. The highest BCUT2D eigenvalue weighted by Crippen LogP contribution is 2.29. The predicted molar refractivity (Wildman–Crippen MR) is 84.5 cm³/mol. The highest BCUT2D eigenvalue weighted by Gasteiger charge is 2.14. The molecule has 0 unspecified atom stereocenters. The highest BCUT2D eigenvalue weighted by atomic mass is 16.5. The van der Waals surface area contributed by atoms with E-state index in [1.165, 1.54) is 18.4 Å². The third kappa shape index (κ3) is 3.07. The molecule has 2 aromatic rings. The predicted octanol–water partition coefficient (Wildman–Crippen LogP) is 3.14. The van der Waals surface area contributed by atoms with E-state index in [0.717, 1.165) is 36.2 Å². The molecule has 1 aromatic heterocycles.